The van der Waals surface area contributed by atoms with Gasteiger partial charge in [0.05, 0.1) is 0 Å². The van der Waals surface area contributed by atoms with E-state index in [1.807, 2.05) is 12.2 Å². The monoisotopic (exact) mass is 506 g/mol. The van der Waals surface area contributed by atoms with Crippen molar-refractivity contribution in [3.05, 3.63) is 24.3 Å². The molecule has 1 aliphatic rings. The maximum atomic E-state index is 10.9. The Morgan fingerprint density at radius 1 is 0.875 bits per heavy atom. The summed E-state index contributed by atoms with van der Waals surface area (Å²) in [5, 5.41) is 12.7. The molecule has 3 N–H and O–H groups in total. The summed E-state index contributed by atoms with van der Waals surface area (Å²) in [4.78, 5) is 0. The Labute approximate surface area is 164 Å². The van der Waals surface area contributed by atoms with Crippen LogP contribution in [0.3, 0.4) is 0 Å². The minimum Gasteiger partial charge on any atom is -0.273 e. The molecule has 0 spiro atoms. The topological polar surface area (TPSA) is 60.7 Å². The molecular weight excluding hydrogens is 482 g/mol. The van der Waals surface area contributed by atoms with Gasteiger partial charge in [-0.2, -0.15) is 6.08 Å². The van der Waals surface area contributed by atoms with Gasteiger partial charge in [0, 0.05) is 46.0 Å². The first-order valence-electron chi connectivity index (χ1n) is 6.50. The Hall–Kier alpha value is 0.366. The Balaban J connectivity index is -0.0000000685. The number of hydrogen-bond acceptors (Lipinski definition) is 3. The molecule has 24 heavy (non-hydrogen) atoms. The summed E-state index contributed by atoms with van der Waals surface area (Å²) >= 11 is -4.06. The van der Waals surface area contributed by atoms with E-state index in [9.17, 15) is 26.3 Å². The average molecular weight is 506 g/mol. The number of aliphatic hydroxyl groups excluding tert-OH is 3. The fourth-order valence-electron chi connectivity index (χ4n) is 0.526. The second kappa shape index (κ2) is 25.6. The third-order valence-electron chi connectivity index (χ3n) is 0.913. The number of aliphatic hydroxyl groups is 3. The molecule has 0 aromatic heterocycles. The van der Waals surface area contributed by atoms with Gasteiger partial charge in [0.25, 0.3) is 0 Å². The van der Waals surface area contributed by atoms with Gasteiger partial charge in [-0.1, -0.05) is 0 Å². The van der Waals surface area contributed by atoms with Crippen molar-refractivity contribution in [1.82, 2.24) is 0 Å². The standard InChI is InChI=1S/C5H5.C2HF6Ge.3C2H6O.Zr/c1-2-4-5-3-1;3-1(4,5)9-2(6,7)8;3*1-2-3;/h1-3H,4H2;9H;3*3H,2H2,1H3;/q-1;;;;;. The summed E-state index contributed by atoms with van der Waals surface area (Å²) in [7, 11) is 0. The maximum Gasteiger partial charge on any atom is 0 e. The predicted molar refractivity (Wildman–Crippen MR) is 79.1 cm³/mol. The molecule has 1 aliphatic carbocycles. The number of hydrogen-bond donors (Lipinski definition) is 3. The molecule has 0 amide bonds. The third kappa shape index (κ3) is 79.0. The molecule has 0 heterocycles. The second-order valence-corrected chi connectivity index (χ2v) is 6.53. The van der Waals surface area contributed by atoms with Crippen LogP contribution >= 0.6 is 0 Å². The quantitative estimate of drug-likeness (QED) is 0.269. The van der Waals surface area contributed by atoms with Crippen molar-refractivity contribution >= 4 is 15.4 Å². The largest absolute Gasteiger partial charge is 0.273 e. The van der Waals surface area contributed by atoms with Gasteiger partial charge in [-0.25, -0.2) is 12.2 Å². The zero-order valence-corrected chi connectivity index (χ0v) is 18.6. The van der Waals surface area contributed by atoms with E-state index in [1.165, 1.54) is 0 Å². The molecule has 0 aromatic carbocycles. The minimum absolute atomic E-state index is 0. The molecule has 0 saturated carbocycles. The van der Waals surface area contributed by atoms with E-state index < -0.39 is 25.4 Å². The van der Waals surface area contributed by atoms with Crippen LogP contribution in [0.15, 0.2) is 18.2 Å². The first kappa shape index (κ1) is 35.5. The van der Waals surface area contributed by atoms with E-state index in [-0.39, 0.29) is 46.0 Å². The smallest absolute Gasteiger partial charge is 0 e. The first-order chi connectivity index (χ1) is 10.4. The molecule has 0 saturated heterocycles. The van der Waals surface area contributed by atoms with Crippen molar-refractivity contribution in [2.75, 3.05) is 19.8 Å². The summed E-state index contributed by atoms with van der Waals surface area (Å²) < 4.78 is 65.4. The Bertz CT molecular complexity index is 245. The maximum absolute atomic E-state index is 10.9. The number of rotatable bonds is 0. The van der Waals surface area contributed by atoms with Gasteiger partial charge in [0.1, 0.15) is 0 Å². The predicted octanol–water partition coefficient (Wildman–Crippen LogP) is 2.76. The summed E-state index contributed by atoms with van der Waals surface area (Å²) in [6.45, 7) is 5.79. The molecule has 11 heteroatoms. The average Bonchev–Trinajstić information content (AvgIpc) is 2.84. The zero-order valence-electron chi connectivity index (χ0n) is 13.7. The van der Waals surface area contributed by atoms with Crippen LogP contribution in [0.4, 0.5) is 26.3 Å². The van der Waals surface area contributed by atoms with E-state index in [4.69, 9.17) is 15.3 Å². The van der Waals surface area contributed by atoms with Crippen molar-refractivity contribution in [3.8, 4) is 0 Å². The van der Waals surface area contributed by atoms with Gasteiger partial charge in [-0.15, -0.1) is 6.42 Å². The summed E-state index contributed by atoms with van der Waals surface area (Å²) in [6, 6.07) is 0. The van der Waals surface area contributed by atoms with Crippen molar-refractivity contribution in [2.24, 2.45) is 0 Å². The summed E-state index contributed by atoms with van der Waals surface area (Å²) in [6.07, 6.45) is 10.0. The molecule has 0 unspecified atom stereocenters. The Kier molecular flexibility index (Phi) is 37.8. The van der Waals surface area contributed by atoms with E-state index >= 15 is 0 Å². The SMILES string of the molecule is CCO.CCO.CCO.F[C](F)(F)[GeH][C](F)(F)F.[C-]1=CC=CC1.[Zr]. The van der Waals surface area contributed by atoms with E-state index in [2.05, 4.69) is 12.2 Å². The van der Waals surface area contributed by atoms with Crippen molar-refractivity contribution in [2.45, 2.75) is 37.2 Å². The Morgan fingerprint density at radius 3 is 1.21 bits per heavy atom. The molecule has 0 fully saturated rings. The van der Waals surface area contributed by atoms with Crippen LogP contribution in [0.2, 0.25) is 0 Å². The van der Waals surface area contributed by atoms with Crippen LogP contribution in [0, 0.1) is 6.08 Å². The third-order valence-corrected chi connectivity index (χ3v) is 2.29. The van der Waals surface area contributed by atoms with E-state index in [0.717, 1.165) is 6.42 Å². The van der Waals surface area contributed by atoms with Crippen LogP contribution in [0.1, 0.15) is 27.2 Å². The Morgan fingerprint density at radius 2 is 1.17 bits per heavy atom. The van der Waals surface area contributed by atoms with Gasteiger partial charge in [-0.3, -0.25) is 6.08 Å². The zero-order chi connectivity index (χ0) is 19.4. The van der Waals surface area contributed by atoms with Crippen LogP contribution in [-0.2, 0) is 26.2 Å². The normalized spacial score (nSPS) is 11.2. The van der Waals surface area contributed by atoms with Crippen molar-refractivity contribution in [3.63, 3.8) is 0 Å². The fraction of sp³-hybridized carbons (Fsp3) is 0.692. The van der Waals surface area contributed by atoms with Gasteiger partial charge in [0.15, 0.2) is 0 Å². The van der Waals surface area contributed by atoms with Gasteiger partial charge in [-0.05, 0) is 20.8 Å². The van der Waals surface area contributed by atoms with E-state index in [1.54, 1.807) is 20.8 Å². The van der Waals surface area contributed by atoms with Gasteiger partial charge in [0.2, 0.25) is 0 Å². The fourth-order valence-corrected chi connectivity index (χ4v) is 1.30. The van der Waals surface area contributed by atoms with Crippen LogP contribution < -0.4 is 0 Å². The summed E-state index contributed by atoms with van der Waals surface area (Å²) in [5.74, 6) is 0. The number of alkyl halides is 6. The van der Waals surface area contributed by atoms with Crippen LogP contribution in [0.5, 0.6) is 0 Å². The molecule has 0 aliphatic heterocycles. The van der Waals surface area contributed by atoms with Gasteiger partial charge >= 0.3 is 51.8 Å². The van der Waals surface area contributed by atoms with E-state index in [0.29, 0.717) is 0 Å². The second-order valence-electron chi connectivity index (χ2n) is 3.18. The van der Waals surface area contributed by atoms with Gasteiger partial charge < -0.3 is 15.3 Å². The van der Waals surface area contributed by atoms with Crippen molar-refractivity contribution < 1.29 is 67.9 Å². The molecular formula is C13H24F6GeO3Zr-. The molecule has 1 radical (unpaired) electrons. The molecule has 0 bridgehead atoms. The number of allylic oxidation sites excluding steroid dienone is 4. The van der Waals surface area contributed by atoms with Crippen LogP contribution in [0.25, 0.3) is 0 Å². The van der Waals surface area contributed by atoms with Crippen molar-refractivity contribution in [1.29, 1.82) is 0 Å². The minimum atomic E-state index is -4.98. The number of halogens is 6. The molecule has 145 valence electrons. The molecule has 3 nitrogen and oxygen atoms in total. The molecule has 0 atom stereocenters. The first-order valence-corrected chi connectivity index (χ1v) is 8.92. The summed E-state index contributed by atoms with van der Waals surface area (Å²) in [5.41, 5.74) is 0. The molecule has 0 aromatic rings. The molecule has 1 rings (SSSR count). The van der Waals surface area contributed by atoms with Crippen LogP contribution in [-0.4, -0.2) is 60.6 Å².